The highest BCUT2D eigenvalue weighted by molar-refractivity contribution is 5.57. The summed E-state index contributed by atoms with van der Waals surface area (Å²) in [6.07, 6.45) is 11.5. The smallest absolute Gasteiger partial charge is 0.119 e. The summed E-state index contributed by atoms with van der Waals surface area (Å²) in [5.74, 6) is 2.00. The highest BCUT2D eigenvalue weighted by Crippen LogP contribution is 2.37. The van der Waals surface area contributed by atoms with Gasteiger partial charge in [0, 0.05) is 24.8 Å². The van der Waals surface area contributed by atoms with Crippen molar-refractivity contribution in [2.24, 2.45) is 0 Å². The molecule has 0 spiro atoms. The highest BCUT2D eigenvalue weighted by atomic mass is 16.5. The van der Waals surface area contributed by atoms with Crippen LogP contribution in [0.2, 0.25) is 0 Å². The molecule has 0 radical (unpaired) electrons. The third-order valence-electron chi connectivity index (χ3n) is 8.39. The summed E-state index contributed by atoms with van der Waals surface area (Å²) in [5, 5.41) is 23.7. The van der Waals surface area contributed by atoms with E-state index in [1.54, 1.807) is 12.1 Å². The van der Waals surface area contributed by atoms with Gasteiger partial charge in [0.15, 0.2) is 0 Å². The van der Waals surface area contributed by atoms with Gasteiger partial charge in [-0.3, -0.25) is 4.90 Å². The van der Waals surface area contributed by atoms with Gasteiger partial charge in [0.1, 0.15) is 23.9 Å². The van der Waals surface area contributed by atoms with Gasteiger partial charge in [-0.15, -0.1) is 0 Å². The lowest BCUT2D eigenvalue weighted by molar-refractivity contribution is 0.214. The summed E-state index contributed by atoms with van der Waals surface area (Å²) >= 11 is 0. The Labute approximate surface area is 233 Å². The van der Waals surface area contributed by atoms with E-state index in [1.165, 1.54) is 61.0 Å². The van der Waals surface area contributed by atoms with Crippen molar-refractivity contribution >= 4 is 5.69 Å². The minimum atomic E-state index is 0.298. The van der Waals surface area contributed by atoms with Gasteiger partial charge in [-0.2, -0.15) is 0 Å². The van der Waals surface area contributed by atoms with Gasteiger partial charge in [-0.1, -0.05) is 37.1 Å². The number of fused-ring (bicyclic) bond motifs is 1. The molecule has 1 heterocycles. The average molecular weight is 529 g/mol. The van der Waals surface area contributed by atoms with Crippen molar-refractivity contribution in [3.05, 3.63) is 82.9 Å². The zero-order valence-corrected chi connectivity index (χ0v) is 23.2. The summed E-state index contributed by atoms with van der Waals surface area (Å²) in [5.41, 5.74) is 6.21. The second-order valence-corrected chi connectivity index (χ2v) is 11.3. The number of ether oxygens (including phenoxy) is 1. The fourth-order valence-corrected chi connectivity index (χ4v) is 6.19. The van der Waals surface area contributed by atoms with Crippen LogP contribution in [-0.4, -0.2) is 47.9 Å². The number of hydrogen-bond acceptors (Lipinski definition) is 5. The van der Waals surface area contributed by atoms with Gasteiger partial charge < -0.3 is 20.3 Å². The molecule has 1 aliphatic carbocycles. The van der Waals surface area contributed by atoms with Crippen molar-refractivity contribution in [2.45, 2.75) is 70.1 Å². The van der Waals surface area contributed by atoms with Crippen LogP contribution in [0.4, 0.5) is 5.69 Å². The van der Waals surface area contributed by atoms with Crippen molar-refractivity contribution in [1.29, 1.82) is 0 Å². The van der Waals surface area contributed by atoms with Crippen molar-refractivity contribution in [3.8, 4) is 17.2 Å². The predicted molar refractivity (Wildman–Crippen MR) is 159 cm³/mol. The van der Waals surface area contributed by atoms with E-state index in [0.717, 1.165) is 69.7 Å². The first-order valence-corrected chi connectivity index (χ1v) is 15.0. The van der Waals surface area contributed by atoms with E-state index in [-0.39, 0.29) is 0 Å². The number of likely N-dealkylation sites (tertiary alicyclic amines) is 1. The molecule has 1 atom stereocenters. The Kier molecular flexibility index (Phi) is 9.66. The molecule has 1 fully saturated rings. The Bertz CT molecular complexity index is 1190. The van der Waals surface area contributed by atoms with Crippen molar-refractivity contribution in [2.75, 3.05) is 38.1 Å². The van der Waals surface area contributed by atoms with Crippen LogP contribution in [0.25, 0.3) is 0 Å². The lowest BCUT2D eigenvalue weighted by Crippen LogP contribution is -2.29. The van der Waals surface area contributed by atoms with Gasteiger partial charge >= 0.3 is 0 Å². The molecule has 208 valence electrons. The molecule has 39 heavy (non-hydrogen) atoms. The molecule has 0 aromatic heterocycles. The average Bonchev–Trinajstić information content (AvgIpc) is 3.33. The first-order chi connectivity index (χ1) is 19.1. The summed E-state index contributed by atoms with van der Waals surface area (Å²) in [6.45, 7) is 5.04. The molecule has 3 aromatic carbocycles. The number of aromatic hydroxyl groups is 2. The second kappa shape index (κ2) is 13.7. The number of hydrogen-bond donors (Lipinski definition) is 3. The maximum Gasteiger partial charge on any atom is 0.119 e. The van der Waals surface area contributed by atoms with E-state index in [0.29, 0.717) is 17.4 Å². The SMILES string of the molecule is Oc1ccc2c(c1)CCCC(c1ccc(O)cc1NCCCc1ccc(OCCN3CCCCCC3)cc1)C2. The molecular formula is C34H44N2O3. The van der Waals surface area contributed by atoms with Crippen LogP contribution in [0.1, 0.15) is 73.1 Å². The van der Waals surface area contributed by atoms with Crippen LogP contribution in [0.15, 0.2) is 60.7 Å². The standard InChI is InChI=1S/C34H44N2O3/c37-30-13-12-28-23-29(9-5-8-27(28)24-30)33-17-14-31(38)25-34(33)35-18-6-7-26-10-15-32(16-11-26)39-22-21-36-19-3-1-2-4-20-36/h10-17,24-25,29,35,37-38H,1-9,18-23H2. The fourth-order valence-electron chi connectivity index (χ4n) is 6.19. The van der Waals surface area contributed by atoms with Crippen LogP contribution < -0.4 is 10.1 Å². The lowest BCUT2D eigenvalue weighted by atomic mass is 9.88. The Morgan fingerprint density at radius 3 is 2.41 bits per heavy atom. The maximum atomic E-state index is 10.2. The predicted octanol–water partition coefficient (Wildman–Crippen LogP) is 7.06. The minimum absolute atomic E-state index is 0.298. The number of nitrogens with zero attached hydrogens (tertiary/aromatic N) is 1. The number of rotatable bonds is 10. The van der Waals surface area contributed by atoms with Crippen LogP contribution in [0, 0.1) is 0 Å². The van der Waals surface area contributed by atoms with Gasteiger partial charge in [0.25, 0.3) is 0 Å². The van der Waals surface area contributed by atoms with Crippen LogP contribution in [0.5, 0.6) is 17.2 Å². The molecular weight excluding hydrogens is 484 g/mol. The second-order valence-electron chi connectivity index (χ2n) is 11.3. The van der Waals surface area contributed by atoms with Gasteiger partial charge in [0.2, 0.25) is 0 Å². The molecule has 3 N–H and O–H groups in total. The first kappa shape index (κ1) is 27.4. The van der Waals surface area contributed by atoms with Gasteiger partial charge in [-0.25, -0.2) is 0 Å². The third-order valence-corrected chi connectivity index (χ3v) is 8.39. The largest absolute Gasteiger partial charge is 0.508 e. The van der Waals surface area contributed by atoms with Crippen molar-refractivity contribution in [1.82, 2.24) is 4.90 Å². The first-order valence-electron chi connectivity index (χ1n) is 15.0. The summed E-state index contributed by atoms with van der Waals surface area (Å²) < 4.78 is 6.02. The molecule has 0 saturated carbocycles. The number of nitrogens with one attached hydrogen (secondary N) is 1. The van der Waals surface area contributed by atoms with E-state index in [2.05, 4.69) is 46.6 Å². The number of phenols is 2. The summed E-state index contributed by atoms with van der Waals surface area (Å²) in [4.78, 5) is 2.53. The molecule has 1 aliphatic heterocycles. The minimum Gasteiger partial charge on any atom is -0.508 e. The molecule has 1 saturated heterocycles. The van der Waals surface area contributed by atoms with Crippen LogP contribution in [0.3, 0.4) is 0 Å². The molecule has 0 amide bonds. The highest BCUT2D eigenvalue weighted by Gasteiger charge is 2.21. The molecule has 0 bridgehead atoms. The Morgan fingerprint density at radius 1 is 0.821 bits per heavy atom. The monoisotopic (exact) mass is 528 g/mol. The normalized spacial score (nSPS) is 18.1. The summed E-state index contributed by atoms with van der Waals surface area (Å²) in [7, 11) is 0. The zero-order valence-electron chi connectivity index (χ0n) is 23.2. The van der Waals surface area contributed by atoms with Crippen LogP contribution >= 0.6 is 0 Å². The fraction of sp³-hybridized carbons (Fsp3) is 0.471. The number of anilines is 1. The van der Waals surface area contributed by atoms with Crippen molar-refractivity contribution in [3.63, 3.8) is 0 Å². The number of aryl methyl sites for hydroxylation is 2. The van der Waals surface area contributed by atoms with Crippen molar-refractivity contribution < 1.29 is 14.9 Å². The van der Waals surface area contributed by atoms with E-state index >= 15 is 0 Å². The molecule has 2 aliphatic rings. The molecule has 5 heteroatoms. The molecule has 3 aromatic rings. The van der Waals surface area contributed by atoms with E-state index in [4.69, 9.17) is 4.74 Å². The number of benzene rings is 3. The summed E-state index contributed by atoms with van der Waals surface area (Å²) in [6, 6.07) is 20.1. The Morgan fingerprint density at radius 2 is 1.59 bits per heavy atom. The van der Waals surface area contributed by atoms with Gasteiger partial charge in [-0.05, 0) is 123 Å². The van der Waals surface area contributed by atoms with E-state index < -0.39 is 0 Å². The quantitative estimate of drug-likeness (QED) is 0.194. The lowest BCUT2D eigenvalue weighted by Gasteiger charge is -2.21. The van der Waals surface area contributed by atoms with E-state index in [9.17, 15) is 10.2 Å². The Hall–Kier alpha value is -3.18. The molecule has 5 nitrogen and oxygen atoms in total. The van der Waals surface area contributed by atoms with Crippen LogP contribution in [-0.2, 0) is 19.3 Å². The topological polar surface area (TPSA) is 65.0 Å². The maximum absolute atomic E-state index is 10.2. The number of phenolic OH excluding ortho intramolecular Hbond substituents is 2. The Balaban J connectivity index is 1.10. The molecule has 1 unspecified atom stereocenters. The molecule has 5 rings (SSSR count). The third kappa shape index (κ3) is 7.92. The zero-order chi connectivity index (χ0) is 26.9. The van der Waals surface area contributed by atoms with E-state index in [1.807, 2.05) is 12.1 Å². The van der Waals surface area contributed by atoms with Gasteiger partial charge in [0.05, 0.1) is 0 Å².